The van der Waals surface area contributed by atoms with Gasteiger partial charge >= 0.3 is 6.03 Å². The van der Waals surface area contributed by atoms with Gasteiger partial charge in [0, 0.05) is 51.9 Å². The Labute approximate surface area is 136 Å². The van der Waals surface area contributed by atoms with Crippen LogP contribution < -0.4 is 5.32 Å². The number of rotatable bonds is 3. The molecule has 0 aromatic carbocycles. The molecule has 128 valence electrons. The minimum absolute atomic E-state index is 0.124. The minimum atomic E-state index is 0.124. The molecule has 2 saturated heterocycles. The number of hydrogen-bond acceptors (Lipinski definition) is 3. The maximum absolute atomic E-state index is 12.5. The summed E-state index contributed by atoms with van der Waals surface area (Å²) in [5.41, 5.74) is 0.375. The molecule has 5 heteroatoms. The highest BCUT2D eigenvalue weighted by molar-refractivity contribution is 5.74. The first kappa shape index (κ1) is 17.5. The zero-order chi connectivity index (χ0) is 16.2. The number of nitrogens with zero attached hydrogens (tertiary/aromatic N) is 3. The van der Waals surface area contributed by atoms with E-state index in [2.05, 4.69) is 42.9 Å². The maximum Gasteiger partial charge on any atom is 0.317 e. The van der Waals surface area contributed by atoms with Gasteiger partial charge in [-0.25, -0.2) is 4.79 Å². The number of carbonyl (C=O) groups is 1. The molecule has 2 rings (SSSR count). The van der Waals surface area contributed by atoms with Crippen molar-refractivity contribution in [3.05, 3.63) is 0 Å². The molecule has 5 nitrogen and oxygen atoms in total. The second kappa shape index (κ2) is 7.64. The third kappa shape index (κ3) is 5.43. The first-order valence-corrected chi connectivity index (χ1v) is 8.82. The van der Waals surface area contributed by atoms with E-state index in [0.717, 1.165) is 58.7 Å². The average molecular weight is 310 g/mol. The van der Waals surface area contributed by atoms with Gasteiger partial charge in [0.15, 0.2) is 0 Å². The lowest BCUT2D eigenvalue weighted by atomic mass is 9.85. The molecule has 22 heavy (non-hydrogen) atoms. The number of carbonyl (C=O) groups excluding carboxylic acids is 1. The lowest BCUT2D eigenvalue weighted by Crippen LogP contribution is -2.51. The Morgan fingerprint density at radius 2 is 1.77 bits per heavy atom. The van der Waals surface area contributed by atoms with E-state index >= 15 is 0 Å². The van der Waals surface area contributed by atoms with Crippen LogP contribution in [0.3, 0.4) is 0 Å². The molecule has 0 spiro atoms. The molecule has 2 heterocycles. The van der Waals surface area contributed by atoms with Crippen molar-refractivity contribution >= 4 is 6.03 Å². The zero-order valence-electron chi connectivity index (χ0n) is 14.9. The van der Waals surface area contributed by atoms with Crippen LogP contribution in [0.2, 0.25) is 0 Å². The smallest absolute Gasteiger partial charge is 0.317 e. The summed E-state index contributed by atoms with van der Waals surface area (Å²) in [5, 5.41) is 3.19. The van der Waals surface area contributed by atoms with Crippen molar-refractivity contribution in [3.63, 3.8) is 0 Å². The van der Waals surface area contributed by atoms with Crippen molar-refractivity contribution < 1.29 is 4.79 Å². The van der Waals surface area contributed by atoms with E-state index in [-0.39, 0.29) is 12.1 Å². The summed E-state index contributed by atoms with van der Waals surface area (Å²) in [7, 11) is 2.17. The molecule has 2 aliphatic heterocycles. The van der Waals surface area contributed by atoms with Crippen molar-refractivity contribution in [1.29, 1.82) is 0 Å². The lowest BCUT2D eigenvalue weighted by Gasteiger charge is -2.34. The van der Waals surface area contributed by atoms with Crippen LogP contribution in [0, 0.1) is 5.41 Å². The summed E-state index contributed by atoms with van der Waals surface area (Å²) in [6.07, 6.45) is 3.44. The summed E-state index contributed by atoms with van der Waals surface area (Å²) in [6, 6.07) is 0.339. The molecule has 2 aliphatic rings. The maximum atomic E-state index is 12.5. The van der Waals surface area contributed by atoms with Gasteiger partial charge in [0.25, 0.3) is 0 Å². The van der Waals surface area contributed by atoms with E-state index in [1.165, 1.54) is 6.42 Å². The zero-order valence-corrected chi connectivity index (χ0v) is 14.9. The van der Waals surface area contributed by atoms with E-state index < -0.39 is 0 Å². The van der Waals surface area contributed by atoms with Gasteiger partial charge < -0.3 is 15.1 Å². The highest BCUT2D eigenvalue weighted by Gasteiger charge is 2.26. The third-order valence-electron chi connectivity index (χ3n) is 5.13. The molecule has 1 atom stereocenters. The largest absolute Gasteiger partial charge is 0.334 e. The number of nitrogens with one attached hydrogen (secondary N) is 1. The normalized spacial score (nSPS) is 25.5. The highest BCUT2D eigenvalue weighted by Crippen LogP contribution is 2.29. The summed E-state index contributed by atoms with van der Waals surface area (Å²) in [5.74, 6) is 0. The molecule has 0 bridgehead atoms. The van der Waals surface area contributed by atoms with Crippen LogP contribution in [-0.2, 0) is 0 Å². The van der Waals surface area contributed by atoms with Gasteiger partial charge in [-0.3, -0.25) is 4.90 Å². The summed E-state index contributed by atoms with van der Waals surface area (Å²) < 4.78 is 0. The fourth-order valence-electron chi connectivity index (χ4n) is 3.39. The second-order valence-corrected chi connectivity index (χ2v) is 7.96. The van der Waals surface area contributed by atoms with Crippen LogP contribution in [0.25, 0.3) is 0 Å². The average Bonchev–Trinajstić information content (AvgIpc) is 2.62. The molecular weight excluding hydrogens is 276 g/mol. The lowest BCUT2D eigenvalue weighted by molar-refractivity contribution is 0.141. The topological polar surface area (TPSA) is 38.8 Å². The van der Waals surface area contributed by atoms with E-state index in [1.54, 1.807) is 0 Å². The Bertz CT molecular complexity index is 364. The van der Waals surface area contributed by atoms with E-state index in [1.807, 2.05) is 4.90 Å². The Kier molecular flexibility index (Phi) is 6.09. The fraction of sp³-hybridized carbons (Fsp3) is 0.941. The first-order chi connectivity index (χ1) is 10.4. The van der Waals surface area contributed by atoms with Crippen LogP contribution in [0.15, 0.2) is 0 Å². The van der Waals surface area contributed by atoms with Crippen LogP contribution in [0.4, 0.5) is 4.79 Å². The third-order valence-corrected chi connectivity index (χ3v) is 5.13. The quantitative estimate of drug-likeness (QED) is 0.864. The summed E-state index contributed by atoms with van der Waals surface area (Å²) in [4.78, 5) is 19.3. The Morgan fingerprint density at radius 1 is 1.09 bits per heavy atom. The molecule has 0 radical (unpaired) electrons. The number of urea groups is 1. The van der Waals surface area contributed by atoms with Crippen molar-refractivity contribution in [2.75, 3.05) is 52.9 Å². The molecule has 0 saturated carbocycles. The van der Waals surface area contributed by atoms with Gasteiger partial charge in [-0.1, -0.05) is 13.8 Å². The number of likely N-dealkylation sites (tertiary alicyclic amines) is 1. The predicted molar refractivity (Wildman–Crippen MR) is 91.1 cm³/mol. The molecule has 0 aliphatic carbocycles. The van der Waals surface area contributed by atoms with Crippen molar-refractivity contribution in [2.24, 2.45) is 5.41 Å². The molecule has 0 unspecified atom stereocenters. The van der Waals surface area contributed by atoms with Crippen LogP contribution in [-0.4, -0.2) is 79.6 Å². The van der Waals surface area contributed by atoms with E-state index in [0.29, 0.717) is 5.41 Å². The first-order valence-electron chi connectivity index (χ1n) is 8.82. The molecule has 2 amide bonds. The molecule has 0 aromatic heterocycles. The predicted octanol–water partition coefficient (Wildman–Crippen LogP) is 1.84. The van der Waals surface area contributed by atoms with Gasteiger partial charge in [-0.05, 0) is 38.6 Å². The van der Waals surface area contributed by atoms with Crippen LogP contribution >= 0.6 is 0 Å². The van der Waals surface area contributed by atoms with E-state index in [4.69, 9.17) is 0 Å². The molecule has 2 fully saturated rings. The second-order valence-electron chi connectivity index (χ2n) is 7.96. The number of hydrogen-bond donors (Lipinski definition) is 1. The number of amides is 2. The summed E-state index contributed by atoms with van der Waals surface area (Å²) in [6.45, 7) is 14.0. The Hall–Kier alpha value is -0.810. The van der Waals surface area contributed by atoms with Crippen molar-refractivity contribution in [1.82, 2.24) is 20.0 Å². The SMILES string of the molecule is C[C@@H](CN1CCN(C)CC1)NC(=O)N1CCCC(C)(C)CC1. The van der Waals surface area contributed by atoms with Gasteiger partial charge in [0.05, 0.1) is 0 Å². The summed E-state index contributed by atoms with van der Waals surface area (Å²) >= 11 is 0. The standard InChI is InChI=1S/C17H34N4O/c1-15(14-20-12-10-19(4)11-13-20)18-16(22)21-8-5-6-17(2,3)7-9-21/h15H,5-14H2,1-4H3,(H,18,22)/t15-/m0/s1. The number of likely N-dealkylation sites (N-methyl/N-ethyl adjacent to an activating group) is 1. The monoisotopic (exact) mass is 310 g/mol. The number of piperazine rings is 1. The minimum Gasteiger partial charge on any atom is -0.334 e. The van der Waals surface area contributed by atoms with Gasteiger partial charge in [-0.15, -0.1) is 0 Å². The molecule has 1 N–H and O–H groups in total. The van der Waals surface area contributed by atoms with Gasteiger partial charge in [0.2, 0.25) is 0 Å². The van der Waals surface area contributed by atoms with E-state index in [9.17, 15) is 4.79 Å². The molecular formula is C17H34N4O. The Balaban J connectivity index is 1.73. The molecule has 0 aromatic rings. The highest BCUT2D eigenvalue weighted by atomic mass is 16.2. The Morgan fingerprint density at radius 3 is 2.45 bits per heavy atom. The van der Waals surface area contributed by atoms with Crippen LogP contribution in [0.5, 0.6) is 0 Å². The fourth-order valence-corrected chi connectivity index (χ4v) is 3.39. The van der Waals surface area contributed by atoms with Gasteiger partial charge in [0.1, 0.15) is 0 Å². The van der Waals surface area contributed by atoms with Crippen LogP contribution in [0.1, 0.15) is 40.0 Å². The van der Waals surface area contributed by atoms with Gasteiger partial charge in [-0.2, -0.15) is 0 Å². The van der Waals surface area contributed by atoms with Crippen molar-refractivity contribution in [2.45, 2.75) is 46.1 Å². The van der Waals surface area contributed by atoms with Crippen molar-refractivity contribution in [3.8, 4) is 0 Å².